The summed E-state index contributed by atoms with van der Waals surface area (Å²) in [5.41, 5.74) is 4.09. The molecule has 3 heterocycles. The van der Waals surface area contributed by atoms with Crippen LogP contribution in [0.3, 0.4) is 0 Å². The molecule has 8 heteroatoms. The van der Waals surface area contributed by atoms with Crippen LogP contribution < -0.4 is 10.1 Å². The first kappa shape index (κ1) is 23.0. The smallest absolute Gasteiger partial charge is 0.232 e. The van der Waals surface area contributed by atoms with Crippen molar-refractivity contribution >= 4 is 17.5 Å². The summed E-state index contributed by atoms with van der Waals surface area (Å²) >= 11 is 0. The molecule has 0 spiro atoms. The van der Waals surface area contributed by atoms with E-state index in [2.05, 4.69) is 10.3 Å². The fourth-order valence-electron chi connectivity index (χ4n) is 5.02. The Morgan fingerprint density at radius 1 is 1.23 bits per heavy atom. The molecule has 180 valence electrons. The Kier molecular flexibility index (Phi) is 6.19. The molecule has 1 saturated heterocycles. The average Bonchev–Trinajstić information content (AvgIpc) is 3.18. The molecule has 2 unspecified atom stereocenters. The number of methoxy groups -OCH3 is 1. The van der Waals surface area contributed by atoms with E-state index in [0.29, 0.717) is 30.4 Å². The quantitative estimate of drug-likeness (QED) is 0.591. The van der Waals surface area contributed by atoms with Crippen molar-refractivity contribution < 1.29 is 18.7 Å². The lowest BCUT2D eigenvalue weighted by Gasteiger charge is -2.34. The zero-order chi connectivity index (χ0) is 24.5. The minimum absolute atomic E-state index is 0.0309. The number of hydrogen-bond acceptors (Lipinski definition) is 5. The van der Waals surface area contributed by atoms with Crippen LogP contribution in [0, 0.1) is 12.7 Å². The monoisotopic (exact) mass is 474 g/mol. The summed E-state index contributed by atoms with van der Waals surface area (Å²) < 4.78 is 18.7. The molecule has 2 amide bonds. The fourth-order valence-corrected chi connectivity index (χ4v) is 5.02. The maximum atomic E-state index is 13.5. The van der Waals surface area contributed by atoms with Gasteiger partial charge in [0.05, 0.1) is 18.7 Å². The molecule has 2 aromatic carbocycles. The number of carbonyl (C=O) groups excluding carboxylic acids is 2. The van der Waals surface area contributed by atoms with Gasteiger partial charge in [0.1, 0.15) is 17.4 Å². The number of amides is 2. The van der Waals surface area contributed by atoms with E-state index >= 15 is 0 Å². The van der Waals surface area contributed by atoms with Gasteiger partial charge in [0, 0.05) is 48.9 Å². The van der Waals surface area contributed by atoms with Crippen molar-refractivity contribution in [2.45, 2.75) is 38.0 Å². The van der Waals surface area contributed by atoms with E-state index in [9.17, 15) is 14.0 Å². The number of halogens is 1. The maximum absolute atomic E-state index is 13.5. The van der Waals surface area contributed by atoms with E-state index in [0.717, 1.165) is 35.2 Å². The molecule has 0 aliphatic carbocycles. The molecule has 1 fully saturated rings. The van der Waals surface area contributed by atoms with Crippen LogP contribution in [0.1, 0.15) is 48.2 Å². The number of benzene rings is 2. The second-order valence-electron chi connectivity index (χ2n) is 9.10. The largest absolute Gasteiger partial charge is 0.497 e. The summed E-state index contributed by atoms with van der Waals surface area (Å²) in [4.78, 5) is 36.9. The van der Waals surface area contributed by atoms with Gasteiger partial charge in [-0.25, -0.2) is 14.4 Å². The van der Waals surface area contributed by atoms with Gasteiger partial charge in [-0.05, 0) is 49.1 Å². The highest BCUT2D eigenvalue weighted by Gasteiger charge is 2.35. The molecule has 35 heavy (non-hydrogen) atoms. The number of hydrogen-bond donors (Lipinski definition) is 1. The zero-order valence-electron chi connectivity index (χ0n) is 19.8. The first-order valence-electron chi connectivity index (χ1n) is 11.8. The molecule has 7 nitrogen and oxygen atoms in total. The SMILES string of the molecule is COc1ccc2c(c1)NC(=O)C2CC(=O)N1CCCC(c2nc(C)ncc2-c2ccc(F)cc2)C1. The summed E-state index contributed by atoms with van der Waals surface area (Å²) in [5, 5.41) is 2.87. The Labute approximate surface area is 203 Å². The number of aromatic nitrogens is 2. The minimum Gasteiger partial charge on any atom is -0.497 e. The van der Waals surface area contributed by atoms with Gasteiger partial charge in [-0.2, -0.15) is 0 Å². The van der Waals surface area contributed by atoms with Crippen molar-refractivity contribution in [2.24, 2.45) is 0 Å². The number of piperidine rings is 1. The summed E-state index contributed by atoms with van der Waals surface area (Å²) in [6.07, 6.45) is 3.62. The van der Waals surface area contributed by atoms with E-state index in [1.165, 1.54) is 12.1 Å². The van der Waals surface area contributed by atoms with Crippen LogP contribution in [0.5, 0.6) is 5.75 Å². The second kappa shape index (κ2) is 9.44. The summed E-state index contributed by atoms with van der Waals surface area (Å²) in [7, 11) is 1.58. The summed E-state index contributed by atoms with van der Waals surface area (Å²) in [5.74, 6) is 0.320. The number of rotatable bonds is 5. The first-order valence-corrected chi connectivity index (χ1v) is 11.8. The molecule has 0 radical (unpaired) electrons. The lowest BCUT2D eigenvalue weighted by atomic mass is 9.89. The lowest BCUT2D eigenvalue weighted by Crippen LogP contribution is -2.40. The number of likely N-dealkylation sites (tertiary alicyclic amines) is 1. The molecular formula is C27H27FN4O3. The molecule has 5 rings (SSSR count). The molecule has 0 saturated carbocycles. The standard InChI is InChI=1S/C27H27FN4O3/c1-16-29-14-23(17-5-7-19(28)8-6-17)26(30-16)18-4-3-11-32(15-18)25(33)13-22-21-10-9-20(35-2)12-24(21)31-27(22)34/h5-10,12,14,18,22H,3-4,11,13,15H2,1-2H3,(H,31,34). The Morgan fingerprint density at radius 2 is 2.03 bits per heavy atom. The van der Waals surface area contributed by atoms with Gasteiger partial charge >= 0.3 is 0 Å². The number of nitrogens with one attached hydrogen (secondary N) is 1. The third-order valence-electron chi connectivity index (χ3n) is 6.84. The van der Waals surface area contributed by atoms with Crippen molar-refractivity contribution in [3.8, 4) is 16.9 Å². The Morgan fingerprint density at radius 3 is 2.80 bits per heavy atom. The van der Waals surface area contributed by atoms with E-state index in [4.69, 9.17) is 9.72 Å². The van der Waals surface area contributed by atoms with Crippen molar-refractivity contribution in [3.05, 3.63) is 71.6 Å². The predicted octanol–water partition coefficient (Wildman–Crippen LogP) is 4.43. The number of nitrogens with zero attached hydrogens (tertiary/aromatic N) is 3. The molecule has 0 bridgehead atoms. The van der Waals surface area contributed by atoms with Crippen molar-refractivity contribution in [1.29, 1.82) is 0 Å². The van der Waals surface area contributed by atoms with Gasteiger partial charge in [0.15, 0.2) is 0 Å². The predicted molar refractivity (Wildman–Crippen MR) is 130 cm³/mol. The normalized spacial score (nSPS) is 19.3. The van der Waals surface area contributed by atoms with E-state index in [1.807, 2.05) is 24.0 Å². The van der Waals surface area contributed by atoms with Crippen molar-refractivity contribution in [3.63, 3.8) is 0 Å². The van der Waals surface area contributed by atoms with Crippen molar-refractivity contribution in [2.75, 3.05) is 25.5 Å². The van der Waals surface area contributed by atoms with E-state index in [-0.39, 0.29) is 30.0 Å². The Balaban J connectivity index is 1.35. The number of carbonyl (C=O) groups is 2. The van der Waals surface area contributed by atoms with Crippen LogP contribution >= 0.6 is 0 Å². The van der Waals surface area contributed by atoms with Crippen LogP contribution in [0.25, 0.3) is 11.1 Å². The molecule has 2 atom stereocenters. The van der Waals surface area contributed by atoms with Gasteiger partial charge in [-0.1, -0.05) is 18.2 Å². The minimum atomic E-state index is -0.514. The van der Waals surface area contributed by atoms with Crippen LogP contribution in [-0.2, 0) is 9.59 Å². The molecule has 1 aromatic heterocycles. The summed E-state index contributed by atoms with van der Waals surface area (Å²) in [6, 6.07) is 11.7. The molecule has 2 aliphatic heterocycles. The molecule has 2 aliphatic rings. The van der Waals surface area contributed by atoms with Crippen molar-refractivity contribution in [1.82, 2.24) is 14.9 Å². The van der Waals surface area contributed by atoms with Crippen LogP contribution in [0.2, 0.25) is 0 Å². The number of anilines is 1. The third-order valence-corrected chi connectivity index (χ3v) is 6.84. The number of aryl methyl sites for hydroxylation is 1. The third kappa shape index (κ3) is 4.60. The highest BCUT2D eigenvalue weighted by atomic mass is 19.1. The highest BCUT2D eigenvalue weighted by Crippen LogP contribution is 2.38. The summed E-state index contributed by atoms with van der Waals surface area (Å²) in [6.45, 7) is 3.01. The zero-order valence-corrected chi connectivity index (χ0v) is 19.8. The fraction of sp³-hybridized carbons (Fsp3) is 0.333. The van der Waals surface area contributed by atoms with Gasteiger partial charge in [-0.15, -0.1) is 0 Å². The van der Waals surface area contributed by atoms with Gasteiger partial charge < -0.3 is 15.0 Å². The first-order chi connectivity index (χ1) is 16.9. The maximum Gasteiger partial charge on any atom is 0.232 e. The van der Waals surface area contributed by atoms with Crippen LogP contribution in [-0.4, -0.2) is 46.9 Å². The van der Waals surface area contributed by atoms with Crippen LogP contribution in [0.15, 0.2) is 48.7 Å². The Hall–Kier alpha value is -3.81. The Bertz CT molecular complexity index is 1280. The van der Waals surface area contributed by atoms with E-state index in [1.54, 1.807) is 31.5 Å². The molecular weight excluding hydrogens is 447 g/mol. The molecule has 3 aromatic rings. The molecule has 1 N–H and O–H groups in total. The number of ether oxygens (including phenoxy) is 1. The second-order valence-corrected chi connectivity index (χ2v) is 9.10. The van der Waals surface area contributed by atoms with Gasteiger partial charge in [-0.3, -0.25) is 9.59 Å². The van der Waals surface area contributed by atoms with Crippen LogP contribution in [0.4, 0.5) is 10.1 Å². The highest BCUT2D eigenvalue weighted by molar-refractivity contribution is 6.05. The van der Waals surface area contributed by atoms with E-state index < -0.39 is 5.92 Å². The lowest BCUT2D eigenvalue weighted by molar-refractivity contribution is -0.134. The number of fused-ring (bicyclic) bond motifs is 1. The topological polar surface area (TPSA) is 84.4 Å². The average molecular weight is 475 g/mol. The van der Waals surface area contributed by atoms with Gasteiger partial charge in [0.2, 0.25) is 11.8 Å². The van der Waals surface area contributed by atoms with Gasteiger partial charge in [0.25, 0.3) is 0 Å².